The third-order valence-electron chi connectivity index (χ3n) is 6.14. The minimum absolute atomic E-state index is 0.0552. The maximum Gasteiger partial charge on any atom is 0.321 e. The van der Waals surface area contributed by atoms with Crippen LogP contribution in [0.2, 0.25) is 0 Å². The Morgan fingerprint density at radius 2 is 1.95 bits per heavy atom. The third kappa shape index (κ3) is 5.57. The summed E-state index contributed by atoms with van der Waals surface area (Å²) in [5.41, 5.74) is 1.53. The number of halogens is 2. The number of anilines is 3. The second-order valence-corrected chi connectivity index (χ2v) is 11.1. The fourth-order valence-electron chi connectivity index (χ4n) is 4.13. The number of aromatic nitrogens is 4. The highest BCUT2D eigenvalue weighted by Gasteiger charge is 2.33. The van der Waals surface area contributed by atoms with E-state index in [0.717, 1.165) is 5.56 Å². The maximum atomic E-state index is 13.7. The molecule has 3 heterocycles. The van der Waals surface area contributed by atoms with Crippen molar-refractivity contribution < 1.29 is 31.8 Å². The summed E-state index contributed by atoms with van der Waals surface area (Å²) >= 11 is 0. The molecule has 1 unspecified atom stereocenters. The molecule has 5 rings (SSSR count). The zero-order chi connectivity index (χ0) is 27.8. The van der Waals surface area contributed by atoms with Gasteiger partial charge in [0.1, 0.15) is 5.82 Å². The molecule has 2 aromatic heterocycles. The van der Waals surface area contributed by atoms with E-state index in [1.807, 2.05) is 6.07 Å². The molecule has 4 aromatic rings. The Kier molecular flexibility index (Phi) is 7.01. The molecule has 0 saturated carbocycles. The number of nitrogens with one attached hydrogen (secondary N) is 2. The average molecular weight is 559 g/mol. The molecule has 11 nitrogen and oxygen atoms in total. The lowest BCUT2D eigenvalue weighted by Gasteiger charge is -2.22. The summed E-state index contributed by atoms with van der Waals surface area (Å²) in [5.74, 6) is -4.47. The van der Waals surface area contributed by atoms with Crippen LogP contribution in [0.4, 0.5) is 26.2 Å². The number of nitrogens with zero attached hydrogens (tertiary/aromatic N) is 4. The normalized spacial score (nSPS) is 17.3. The first-order valence-corrected chi connectivity index (χ1v) is 13.5. The first kappa shape index (κ1) is 26.6. The molecule has 4 N–H and O–H groups in total. The van der Waals surface area contributed by atoms with Gasteiger partial charge >= 0.3 is 5.92 Å². The predicted octanol–water partition coefficient (Wildman–Crippen LogP) is 3.74. The SMILES string of the molecule is CC(F)(F)c1nnc(-c2cnc(Nc3ccc4c(c3)C(O)CCS4(=O)=O)nc2N[C@H](CO)c2ccccc2)o1. The van der Waals surface area contributed by atoms with Gasteiger partial charge in [0, 0.05) is 24.4 Å². The third-order valence-corrected chi connectivity index (χ3v) is 7.95. The van der Waals surface area contributed by atoms with E-state index < -0.39 is 33.8 Å². The molecule has 1 aliphatic heterocycles. The molecule has 2 aromatic carbocycles. The van der Waals surface area contributed by atoms with Crippen LogP contribution in [0.25, 0.3) is 11.5 Å². The number of alkyl halides is 2. The molecule has 0 amide bonds. The number of aliphatic hydroxyl groups is 2. The van der Waals surface area contributed by atoms with E-state index in [1.165, 1.54) is 24.4 Å². The lowest BCUT2D eigenvalue weighted by molar-refractivity contribution is -0.0105. The summed E-state index contributed by atoms with van der Waals surface area (Å²) in [6, 6.07) is 12.8. The van der Waals surface area contributed by atoms with Crippen LogP contribution >= 0.6 is 0 Å². The lowest BCUT2D eigenvalue weighted by Crippen LogP contribution is -2.20. The number of hydrogen-bond donors (Lipinski definition) is 4. The fourth-order valence-corrected chi connectivity index (χ4v) is 5.72. The largest absolute Gasteiger partial charge is 0.415 e. The highest BCUT2D eigenvalue weighted by atomic mass is 32.2. The van der Waals surface area contributed by atoms with Crippen LogP contribution in [0.1, 0.15) is 42.5 Å². The summed E-state index contributed by atoms with van der Waals surface area (Å²) in [7, 11) is -3.49. The number of benzene rings is 2. The molecule has 0 radical (unpaired) electrons. The molecule has 204 valence electrons. The van der Waals surface area contributed by atoms with Gasteiger partial charge in [0.2, 0.25) is 5.95 Å². The monoisotopic (exact) mass is 558 g/mol. The van der Waals surface area contributed by atoms with Gasteiger partial charge in [-0.05, 0) is 30.2 Å². The number of hydrogen-bond acceptors (Lipinski definition) is 11. The van der Waals surface area contributed by atoms with E-state index in [0.29, 0.717) is 12.6 Å². The van der Waals surface area contributed by atoms with Gasteiger partial charge < -0.3 is 25.3 Å². The predicted molar refractivity (Wildman–Crippen MR) is 136 cm³/mol. The van der Waals surface area contributed by atoms with E-state index in [4.69, 9.17) is 4.42 Å². The van der Waals surface area contributed by atoms with Gasteiger partial charge in [-0.2, -0.15) is 13.8 Å². The molecule has 0 aliphatic carbocycles. The van der Waals surface area contributed by atoms with Crippen molar-refractivity contribution in [1.82, 2.24) is 20.2 Å². The van der Waals surface area contributed by atoms with E-state index in [1.54, 1.807) is 24.3 Å². The first-order valence-electron chi connectivity index (χ1n) is 11.9. The Labute approximate surface area is 221 Å². The van der Waals surface area contributed by atoms with Crippen molar-refractivity contribution in [3.63, 3.8) is 0 Å². The van der Waals surface area contributed by atoms with Crippen molar-refractivity contribution in [2.75, 3.05) is 23.0 Å². The van der Waals surface area contributed by atoms with Gasteiger partial charge in [0.15, 0.2) is 9.84 Å². The maximum absolute atomic E-state index is 13.7. The van der Waals surface area contributed by atoms with Gasteiger partial charge in [-0.15, -0.1) is 10.2 Å². The Hall–Kier alpha value is -4.01. The summed E-state index contributed by atoms with van der Waals surface area (Å²) in [4.78, 5) is 8.74. The van der Waals surface area contributed by atoms with Gasteiger partial charge in [-0.3, -0.25) is 0 Å². The lowest BCUT2D eigenvalue weighted by atomic mass is 10.1. The zero-order valence-electron chi connectivity index (χ0n) is 20.5. The van der Waals surface area contributed by atoms with Crippen molar-refractivity contribution in [2.24, 2.45) is 0 Å². The van der Waals surface area contributed by atoms with E-state index in [9.17, 15) is 27.4 Å². The van der Waals surface area contributed by atoms with Crippen LogP contribution in [0, 0.1) is 0 Å². The number of sulfone groups is 1. The van der Waals surface area contributed by atoms with E-state index in [2.05, 4.69) is 30.8 Å². The van der Waals surface area contributed by atoms with Crippen LogP contribution in [0.15, 0.2) is 64.0 Å². The summed E-state index contributed by atoms with van der Waals surface area (Å²) in [6.07, 6.45) is 0.438. The molecule has 0 spiro atoms. The van der Waals surface area contributed by atoms with Crippen molar-refractivity contribution in [3.05, 3.63) is 71.7 Å². The number of aliphatic hydroxyl groups excluding tert-OH is 2. The Morgan fingerprint density at radius 1 is 1.18 bits per heavy atom. The minimum atomic E-state index is -3.49. The molecule has 39 heavy (non-hydrogen) atoms. The molecule has 2 atom stereocenters. The molecular formula is C25H24F2N6O5S. The molecule has 0 saturated heterocycles. The van der Waals surface area contributed by atoms with Crippen molar-refractivity contribution in [2.45, 2.75) is 36.3 Å². The number of rotatable bonds is 8. The zero-order valence-corrected chi connectivity index (χ0v) is 21.4. The Bertz CT molecular complexity index is 1590. The van der Waals surface area contributed by atoms with E-state index >= 15 is 0 Å². The second kappa shape index (κ2) is 10.3. The Balaban J connectivity index is 1.52. The average Bonchev–Trinajstić information content (AvgIpc) is 3.41. The quantitative estimate of drug-likeness (QED) is 0.249. The van der Waals surface area contributed by atoms with Gasteiger partial charge in [0.25, 0.3) is 11.8 Å². The molecule has 1 aliphatic rings. The first-order chi connectivity index (χ1) is 18.5. The molecular weight excluding hydrogens is 534 g/mol. The van der Waals surface area contributed by atoms with Crippen LogP contribution < -0.4 is 10.6 Å². The highest BCUT2D eigenvalue weighted by molar-refractivity contribution is 7.91. The minimum Gasteiger partial charge on any atom is -0.415 e. The Morgan fingerprint density at radius 3 is 2.64 bits per heavy atom. The number of fused-ring (bicyclic) bond motifs is 1. The van der Waals surface area contributed by atoms with Crippen LogP contribution in [0.5, 0.6) is 0 Å². The van der Waals surface area contributed by atoms with Gasteiger partial charge in [-0.25, -0.2) is 13.4 Å². The van der Waals surface area contributed by atoms with Crippen molar-refractivity contribution in [3.8, 4) is 11.5 Å². The van der Waals surface area contributed by atoms with Crippen LogP contribution in [0.3, 0.4) is 0 Å². The topological polar surface area (TPSA) is 163 Å². The molecule has 14 heteroatoms. The summed E-state index contributed by atoms with van der Waals surface area (Å²) < 4.78 is 57.4. The van der Waals surface area contributed by atoms with Crippen LogP contribution in [-0.2, 0) is 15.8 Å². The standard InChI is InChI=1S/C25H24F2N6O5S/c1-25(26,27)23-33-32-22(38-23)17-12-28-24(31-21(17)30-18(13-34)14-5-3-2-4-6-14)29-15-7-8-20-16(11-15)19(35)9-10-39(20,36)37/h2-8,11-12,18-19,34-35H,9-10,13H2,1H3,(H2,28,29,30,31)/t18-,19?/m1/s1. The van der Waals surface area contributed by atoms with E-state index in [-0.39, 0.29) is 52.5 Å². The highest BCUT2D eigenvalue weighted by Crippen LogP contribution is 2.36. The summed E-state index contributed by atoms with van der Waals surface area (Å²) in [6.45, 7) is 0.306. The second-order valence-electron chi connectivity index (χ2n) is 9.05. The molecule has 0 bridgehead atoms. The van der Waals surface area contributed by atoms with Crippen LogP contribution in [-0.4, -0.2) is 51.2 Å². The van der Waals surface area contributed by atoms with Crippen molar-refractivity contribution >= 4 is 27.3 Å². The fraction of sp³-hybridized carbons (Fsp3) is 0.280. The van der Waals surface area contributed by atoms with Gasteiger partial charge in [-0.1, -0.05) is 30.3 Å². The smallest absolute Gasteiger partial charge is 0.321 e. The summed E-state index contributed by atoms with van der Waals surface area (Å²) in [5, 5.41) is 33.6. The molecule has 0 fully saturated rings. The van der Waals surface area contributed by atoms with Crippen molar-refractivity contribution in [1.29, 1.82) is 0 Å². The van der Waals surface area contributed by atoms with Gasteiger partial charge in [0.05, 0.1) is 35.0 Å².